The monoisotopic (exact) mass is 237 g/mol. The maximum atomic E-state index is 13.4. The van der Waals surface area contributed by atoms with Crippen molar-refractivity contribution in [3.8, 4) is 0 Å². The van der Waals surface area contributed by atoms with Crippen LogP contribution in [-0.4, -0.2) is 28.4 Å². The minimum atomic E-state index is -0.977. The number of nitrogens with zero attached hydrogens (tertiary/aromatic N) is 1. The molecule has 1 aliphatic rings. The molecule has 0 saturated carbocycles. The van der Waals surface area contributed by atoms with Gasteiger partial charge in [-0.25, -0.2) is 4.39 Å². The minimum absolute atomic E-state index is 0.00376. The number of benzene rings is 1. The van der Waals surface area contributed by atoms with Crippen molar-refractivity contribution >= 4 is 11.9 Å². The van der Waals surface area contributed by atoms with Crippen molar-refractivity contribution in [3.63, 3.8) is 0 Å². The van der Waals surface area contributed by atoms with Gasteiger partial charge in [0, 0.05) is 25.1 Å². The second kappa shape index (κ2) is 4.53. The highest BCUT2D eigenvalue weighted by Crippen LogP contribution is 2.21. The van der Waals surface area contributed by atoms with Gasteiger partial charge < -0.3 is 10.0 Å². The summed E-state index contributed by atoms with van der Waals surface area (Å²) in [5.41, 5.74) is 0.409. The van der Waals surface area contributed by atoms with E-state index in [4.69, 9.17) is 5.11 Å². The van der Waals surface area contributed by atoms with Crippen LogP contribution in [0.1, 0.15) is 12.0 Å². The maximum absolute atomic E-state index is 13.4. The molecule has 1 N–H and O–H groups in total. The molecule has 0 spiro atoms. The van der Waals surface area contributed by atoms with Crippen LogP contribution >= 0.6 is 0 Å². The molecule has 1 unspecified atom stereocenters. The molecule has 1 saturated heterocycles. The zero-order valence-corrected chi connectivity index (χ0v) is 9.10. The molecule has 4 nitrogen and oxygen atoms in total. The topological polar surface area (TPSA) is 57.6 Å². The van der Waals surface area contributed by atoms with Gasteiger partial charge in [-0.1, -0.05) is 18.2 Å². The molecule has 0 aliphatic carbocycles. The fourth-order valence-corrected chi connectivity index (χ4v) is 1.92. The molecule has 1 atom stereocenters. The number of likely N-dealkylation sites (tertiary alicyclic amines) is 1. The predicted molar refractivity (Wildman–Crippen MR) is 57.6 cm³/mol. The highest BCUT2D eigenvalue weighted by Gasteiger charge is 2.34. The van der Waals surface area contributed by atoms with E-state index in [1.807, 2.05) is 0 Å². The first-order chi connectivity index (χ1) is 8.08. The number of carbonyl (C=O) groups excluding carboxylic acids is 1. The van der Waals surface area contributed by atoms with Gasteiger partial charge in [-0.05, 0) is 6.07 Å². The Morgan fingerprint density at radius 3 is 2.76 bits per heavy atom. The van der Waals surface area contributed by atoms with E-state index >= 15 is 0 Å². The quantitative estimate of drug-likeness (QED) is 0.861. The van der Waals surface area contributed by atoms with Gasteiger partial charge in [-0.2, -0.15) is 0 Å². The Morgan fingerprint density at radius 2 is 2.18 bits per heavy atom. The molecular weight excluding hydrogens is 225 g/mol. The minimum Gasteiger partial charge on any atom is -0.481 e. The summed E-state index contributed by atoms with van der Waals surface area (Å²) in [4.78, 5) is 23.7. The van der Waals surface area contributed by atoms with Gasteiger partial charge in [0.1, 0.15) is 5.82 Å². The summed E-state index contributed by atoms with van der Waals surface area (Å²) in [6.45, 7) is 0.289. The third-order valence-electron chi connectivity index (χ3n) is 2.88. The fourth-order valence-electron chi connectivity index (χ4n) is 1.92. The van der Waals surface area contributed by atoms with Crippen molar-refractivity contribution < 1.29 is 19.1 Å². The number of carboxylic acids is 1. The number of carbonyl (C=O) groups is 2. The Morgan fingerprint density at radius 1 is 1.47 bits per heavy atom. The normalized spacial score (nSPS) is 19.7. The Balaban J connectivity index is 2.08. The second-order valence-corrected chi connectivity index (χ2v) is 4.10. The Bertz CT molecular complexity index is 461. The molecule has 5 heteroatoms. The second-order valence-electron chi connectivity index (χ2n) is 4.10. The molecule has 2 rings (SSSR count). The van der Waals surface area contributed by atoms with Crippen LogP contribution in [-0.2, 0) is 16.1 Å². The first-order valence-corrected chi connectivity index (χ1v) is 5.32. The first kappa shape index (κ1) is 11.6. The van der Waals surface area contributed by atoms with Gasteiger partial charge in [-0.15, -0.1) is 0 Å². The summed E-state index contributed by atoms with van der Waals surface area (Å²) < 4.78 is 13.4. The van der Waals surface area contributed by atoms with Crippen molar-refractivity contribution in [1.82, 2.24) is 4.90 Å². The molecule has 1 amide bonds. The van der Waals surface area contributed by atoms with E-state index in [9.17, 15) is 14.0 Å². The molecule has 90 valence electrons. The lowest BCUT2D eigenvalue weighted by atomic mass is 10.1. The molecular formula is C12H12FNO3. The van der Waals surface area contributed by atoms with Crippen LogP contribution in [0.3, 0.4) is 0 Å². The maximum Gasteiger partial charge on any atom is 0.308 e. The van der Waals surface area contributed by atoms with E-state index in [-0.39, 0.29) is 31.2 Å². The number of carboxylic acid groups (broad SMARTS) is 1. The van der Waals surface area contributed by atoms with Gasteiger partial charge in [0.05, 0.1) is 5.92 Å². The number of amides is 1. The zero-order valence-electron chi connectivity index (χ0n) is 9.10. The smallest absolute Gasteiger partial charge is 0.308 e. The summed E-state index contributed by atoms with van der Waals surface area (Å²) >= 11 is 0. The van der Waals surface area contributed by atoms with E-state index in [0.29, 0.717) is 5.56 Å². The molecule has 1 aliphatic heterocycles. The number of hydrogen-bond donors (Lipinski definition) is 1. The van der Waals surface area contributed by atoms with Gasteiger partial charge in [-0.3, -0.25) is 9.59 Å². The first-order valence-electron chi connectivity index (χ1n) is 5.32. The lowest BCUT2D eigenvalue weighted by Gasteiger charge is -2.16. The lowest BCUT2D eigenvalue weighted by molar-refractivity contribution is -0.141. The average molecular weight is 237 g/mol. The third-order valence-corrected chi connectivity index (χ3v) is 2.88. The van der Waals surface area contributed by atoms with E-state index in [0.717, 1.165) is 0 Å². The summed E-state index contributed by atoms with van der Waals surface area (Å²) in [5, 5.41) is 8.82. The highest BCUT2D eigenvalue weighted by atomic mass is 19.1. The van der Waals surface area contributed by atoms with Gasteiger partial charge in [0.15, 0.2) is 0 Å². The van der Waals surface area contributed by atoms with E-state index in [2.05, 4.69) is 0 Å². The molecule has 1 heterocycles. The number of halogens is 1. The van der Waals surface area contributed by atoms with E-state index in [1.54, 1.807) is 18.2 Å². The van der Waals surface area contributed by atoms with Crippen LogP contribution in [0, 0.1) is 11.7 Å². The van der Waals surface area contributed by atoms with E-state index < -0.39 is 11.9 Å². The standard InChI is InChI=1S/C12H12FNO3/c13-10-4-2-1-3-8(10)6-14-7-9(12(16)17)5-11(14)15/h1-4,9H,5-7H2,(H,16,17). The Hall–Kier alpha value is -1.91. The van der Waals surface area contributed by atoms with Crippen molar-refractivity contribution in [2.75, 3.05) is 6.54 Å². The highest BCUT2D eigenvalue weighted by molar-refractivity contribution is 5.86. The Kier molecular flexibility index (Phi) is 3.08. The fraction of sp³-hybridized carbons (Fsp3) is 0.333. The lowest BCUT2D eigenvalue weighted by Crippen LogP contribution is -2.26. The molecule has 0 bridgehead atoms. The number of hydrogen-bond acceptors (Lipinski definition) is 2. The van der Waals surface area contributed by atoms with Crippen LogP contribution < -0.4 is 0 Å². The van der Waals surface area contributed by atoms with Crippen LogP contribution in [0.4, 0.5) is 4.39 Å². The van der Waals surface area contributed by atoms with Gasteiger partial charge in [0.25, 0.3) is 0 Å². The summed E-state index contributed by atoms with van der Waals surface area (Å²) in [5.74, 6) is -2.26. The van der Waals surface area contributed by atoms with Crippen LogP contribution in [0.2, 0.25) is 0 Å². The van der Waals surface area contributed by atoms with Crippen molar-refractivity contribution in [1.29, 1.82) is 0 Å². The molecule has 0 radical (unpaired) electrons. The van der Waals surface area contributed by atoms with Crippen molar-refractivity contribution in [3.05, 3.63) is 35.6 Å². The van der Waals surface area contributed by atoms with Crippen LogP contribution in [0.15, 0.2) is 24.3 Å². The molecule has 17 heavy (non-hydrogen) atoms. The largest absolute Gasteiger partial charge is 0.481 e. The summed E-state index contributed by atoms with van der Waals surface area (Å²) in [6.07, 6.45) is 0.00376. The van der Waals surface area contributed by atoms with Gasteiger partial charge >= 0.3 is 5.97 Å². The number of rotatable bonds is 3. The summed E-state index contributed by atoms with van der Waals surface area (Å²) in [7, 11) is 0. The molecule has 1 aromatic carbocycles. The van der Waals surface area contributed by atoms with Gasteiger partial charge in [0.2, 0.25) is 5.91 Å². The third kappa shape index (κ3) is 2.43. The number of aliphatic carboxylic acids is 1. The van der Waals surface area contributed by atoms with Crippen LogP contribution in [0.5, 0.6) is 0 Å². The molecule has 1 fully saturated rings. The van der Waals surface area contributed by atoms with Crippen molar-refractivity contribution in [2.45, 2.75) is 13.0 Å². The van der Waals surface area contributed by atoms with Crippen molar-refractivity contribution in [2.24, 2.45) is 5.92 Å². The molecule has 1 aromatic rings. The zero-order chi connectivity index (χ0) is 12.4. The predicted octanol–water partition coefficient (Wildman–Crippen LogP) is 1.26. The molecule has 0 aromatic heterocycles. The average Bonchev–Trinajstić information content (AvgIpc) is 2.64. The Labute approximate surface area is 97.7 Å². The summed E-state index contributed by atoms with van der Waals surface area (Å²) in [6, 6.07) is 6.18. The van der Waals surface area contributed by atoms with E-state index in [1.165, 1.54) is 11.0 Å². The SMILES string of the molecule is O=C(O)C1CC(=O)N(Cc2ccccc2F)C1. The van der Waals surface area contributed by atoms with Crippen LogP contribution in [0.25, 0.3) is 0 Å².